The molecule has 1 aromatic heterocycles. The molecule has 11 heteroatoms. The second kappa shape index (κ2) is 10.2. The second-order valence-electron chi connectivity index (χ2n) is 7.79. The van der Waals surface area contributed by atoms with Crippen LogP contribution < -0.4 is 20.9 Å². The number of ether oxygens (including phenoxy) is 1. The molecule has 32 heavy (non-hydrogen) atoms. The van der Waals surface area contributed by atoms with E-state index in [4.69, 9.17) is 4.74 Å². The van der Waals surface area contributed by atoms with Crippen molar-refractivity contribution in [3.8, 4) is 5.75 Å². The molecule has 0 aliphatic carbocycles. The van der Waals surface area contributed by atoms with Gasteiger partial charge in [0.25, 0.3) is 5.56 Å². The Morgan fingerprint density at radius 1 is 1.06 bits per heavy atom. The largest absolute Gasteiger partial charge is 0.482 e. The Kier molecular flexibility index (Phi) is 7.60. The molecular weight excluding hydrogens is 432 g/mol. The molecule has 1 saturated heterocycles. The molecule has 1 aromatic carbocycles. The number of aromatic nitrogens is 2. The SMILES string of the molecule is Cc1c[nH]c(=O)n(CCCCN2CCN(c3ccc(F)cc3OCC(F)(F)F)CC2)c1=O. The third kappa shape index (κ3) is 6.35. The third-order valence-electron chi connectivity index (χ3n) is 5.37. The van der Waals surface area contributed by atoms with Gasteiger partial charge in [0.2, 0.25) is 0 Å². The minimum absolute atomic E-state index is 0.121. The van der Waals surface area contributed by atoms with E-state index < -0.39 is 24.3 Å². The van der Waals surface area contributed by atoms with Crippen molar-refractivity contribution in [1.82, 2.24) is 14.5 Å². The molecule has 0 bridgehead atoms. The Labute approximate surface area is 182 Å². The molecule has 1 aliphatic heterocycles. The van der Waals surface area contributed by atoms with Gasteiger partial charge in [-0.3, -0.25) is 14.3 Å². The predicted octanol–water partition coefficient (Wildman–Crippen LogP) is 2.53. The quantitative estimate of drug-likeness (QED) is 0.486. The van der Waals surface area contributed by atoms with Gasteiger partial charge < -0.3 is 14.6 Å². The Hall–Kier alpha value is -2.82. The maximum Gasteiger partial charge on any atom is 0.422 e. The maximum absolute atomic E-state index is 13.5. The number of unbranched alkanes of at least 4 members (excludes halogenated alkanes) is 1. The van der Waals surface area contributed by atoms with Crippen molar-refractivity contribution in [2.45, 2.75) is 32.5 Å². The van der Waals surface area contributed by atoms with Crippen LogP contribution in [0.15, 0.2) is 34.0 Å². The molecule has 0 radical (unpaired) electrons. The fourth-order valence-corrected chi connectivity index (χ4v) is 3.66. The number of H-pyrrole nitrogens is 1. The van der Waals surface area contributed by atoms with E-state index >= 15 is 0 Å². The molecule has 176 valence electrons. The van der Waals surface area contributed by atoms with Crippen LogP contribution in [-0.4, -0.2) is 60.0 Å². The van der Waals surface area contributed by atoms with Crippen LogP contribution in [0.25, 0.3) is 0 Å². The van der Waals surface area contributed by atoms with E-state index in [2.05, 4.69) is 9.88 Å². The number of rotatable bonds is 8. The highest BCUT2D eigenvalue weighted by molar-refractivity contribution is 5.59. The van der Waals surface area contributed by atoms with Crippen LogP contribution in [0.5, 0.6) is 5.75 Å². The Morgan fingerprint density at radius 2 is 1.75 bits per heavy atom. The van der Waals surface area contributed by atoms with Gasteiger partial charge >= 0.3 is 11.9 Å². The maximum atomic E-state index is 13.5. The number of hydrogen-bond acceptors (Lipinski definition) is 5. The highest BCUT2D eigenvalue weighted by Gasteiger charge is 2.29. The number of alkyl halides is 3. The molecule has 0 atom stereocenters. The summed E-state index contributed by atoms with van der Waals surface area (Å²) < 4.78 is 57.1. The molecule has 0 amide bonds. The van der Waals surface area contributed by atoms with Gasteiger partial charge in [0, 0.05) is 50.6 Å². The van der Waals surface area contributed by atoms with Crippen molar-refractivity contribution in [3.05, 3.63) is 56.6 Å². The molecule has 0 saturated carbocycles. The van der Waals surface area contributed by atoms with Crippen LogP contribution in [0.4, 0.5) is 23.2 Å². The van der Waals surface area contributed by atoms with Crippen molar-refractivity contribution < 1.29 is 22.3 Å². The number of halogens is 4. The number of nitrogens with one attached hydrogen (secondary N) is 1. The van der Waals surface area contributed by atoms with Gasteiger partial charge in [0.15, 0.2) is 6.61 Å². The monoisotopic (exact) mass is 458 g/mol. The van der Waals surface area contributed by atoms with E-state index in [1.807, 2.05) is 4.90 Å². The summed E-state index contributed by atoms with van der Waals surface area (Å²) in [5.74, 6) is -0.777. The van der Waals surface area contributed by atoms with Gasteiger partial charge in [-0.25, -0.2) is 9.18 Å². The van der Waals surface area contributed by atoms with E-state index in [9.17, 15) is 27.2 Å². The van der Waals surface area contributed by atoms with Crippen LogP contribution in [0.2, 0.25) is 0 Å². The van der Waals surface area contributed by atoms with Crippen LogP contribution in [0.1, 0.15) is 18.4 Å². The number of hydrogen-bond donors (Lipinski definition) is 1. The average Bonchev–Trinajstić information content (AvgIpc) is 2.74. The molecule has 3 rings (SSSR count). The summed E-state index contributed by atoms with van der Waals surface area (Å²) in [6, 6.07) is 3.62. The molecule has 2 heterocycles. The summed E-state index contributed by atoms with van der Waals surface area (Å²) in [7, 11) is 0. The lowest BCUT2D eigenvalue weighted by atomic mass is 10.2. The van der Waals surface area contributed by atoms with E-state index in [1.54, 1.807) is 6.92 Å². The first-order valence-corrected chi connectivity index (χ1v) is 10.4. The second-order valence-corrected chi connectivity index (χ2v) is 7.79. The summed E-state index contributed by atoms with van der Waals surface area (Å²) in [5, 5.41) is 0. The minimum atomic E-state index is -4.50. The first kappa shape index (κ1) is 23.8. The normalized spacial score (nSPS) is 15.2. The van der Waals surface area contributed by atoms with E-state index in [-0.39, 0.29) is 11.3 Å². The van der Waals surface area contributed by atoms with Crippen molar-refractivity contribution in [3.63, 3.8) is 0 Å². The van der Waals surface area contributed by atoms with Crippen LogP contribution in [0, 0.1) is 12.7 Å². The molecule has 0 spiro atoms. The average molecular weight is 458 g/mol. The summed E-state index contributed by atoms with van der Waals surface area (Å²) in [4.78, 5) is 30.5. The lowest BCUT2D eigenvalue weighted by Gasteiger charge is -2.36. The standard InChI is InChI=1S/C21H26F4N4O3/c1-15-13-26-20(31)29(19(15)30)7-3-2-6-27-8-10-28(11-9-27)17-5-4-16(22)12-18(17)32-14-21(23,24)25/h4-5,12-13H,2-3,6-11,14H2,1H3,(H,26,31). The van der Waals surface area contributed by atoms with Gasteiger partial charge in [-0.2, -0.15) is 13.2 Å². The summed E-state index contributed by atoms with van der Waals surface area (Å²) >= 11 is 0. The molecule has 1 fully saturated rings. The van der Waals surface area contributed by atoms with Crippen molar-refractivity contribution in [2.24, 2.45) is 0 Å². The number of nitrogens with zero attached hydrogens (tertiary/aromatic N) is 3. The molecule has 0 unspecified atom stereocenters. The first-order chi connectivity index (χ1) is 15.1. The van der Waals surface area contributed by atoms with Crippen molar-refractivity contribution >= 4 is 5.69 Å². The zero-order valence-electron chi connectivity index (χ0n) is 17.8. The van der Waals surface area contributed by atoms with Gasteiger partial charge in [0.05, 0.1) is 5.69 Å². The summed E-state index contributed by atoms with van der Waals surface area (Å²) in [6.07, 6.45) is -1.64. The fraction of sp³-hybridized carbons (Fsp3) is 0.524. The fourth-order valence-electron chi connectivity index (χ4n) is 3.66. The van der Waals surface area contributed by atoms with Gasteiger partial charge in [-0.05, 0) is 38.4 Å². The number of aryl methyl sites for hydroxylation is 1. The van der Waals surface area contributed by atoms with Gasteiger partial charge in [0.1, 0.15) is 11.6 Å². The van der Waals surface area contributed by atoms with Crippen molar-refractivity contribution in [1.29, 1.82) is 0 Å². The zero-order valence-corrected chi connectivity index (χ0v) is 17.8. The first-order valence-electron chi connectivity index (χ1n) is 10.4. The van der Waals surface area contributed by atoms with Crippen LogP contribution >= 0.6 is 0 Å². The van der Waals surface area contributed by atoms with Crippen molar-refractivity contribution in [2.75, 3.05) is 44.2 Å². The number of benzene rings is 1. The third-order valence-corrected chi connectivity index (χ3v) is 5.37. The lowest BCUT2D eigenvalue weighted by molar-refractivity contribution is -0.153. The predicted molar refractivity (Wildman–Crippen MR) is 112 cm³/mol. The molecule has 7 nitrogen and oxygen atoms in total. The lowest BCUT2D eigenvalue weighted by Crippen LogP contribution is -2.46. The topological polar surface area (TPSA) is 70.6 Å². The number of anilines is 1. The molecule has 2 aromatic rings. The Morgan fingerprint density at radius 3 is 2.44 bits per heavy atom. The van der Waals surface area contributed by atoms with E-state index in [0.29, 0.717) is 50.4 Å². The molecule has 1 N–H and O–H groups in total. The Balaban J connectivity index is 1.49. The van der Waals surface area contributed by atoms with E-state index in [0.717, 1.165) is 19.0 Å². The zero-order chi connectivity index (χ0) is 23.3. The van der Waals surface area contributed by atoms with Gasteiger partial charge in [-0.15, -0.1) is 0 Å². The molecule has 1 aliphatic rings. The van der Waals surface area contributed by atoms with Crippen LogP contribution in [0.3, 0.4) is 0 Å². The minimum Gasteiger partial charge on any atom is -0.482 e. The van der Waals surface area contributed by atoms with E-state index in [1.165, 1.54) is 22.9 Å². The highest BCUT2D eigenvalue weighted by Crippen LogP contribution is 2.31. The summed E-state index contributed by atoms with van der Waals surface area (Å²) in [5.41, 5.74) is 0.218. The number of piperazine rings is 1. The highest BCUT2D eigenvalue weighted by atomic mass is 19.4. The Bertz CT molecular complexity index is 1030. The summed E-state index contributed by atoms with van der Waals surface area (Å²) in [6.45, 7) is 3.77. The smallest absolute Gasteiger partial charge is 0.422 e. The van der Waals surface area contributed by atoms with Gasteiger partial charge in [-0.1, -0.05) is 0 Å². The van der Waals surface area contributed by atoms with Crippen LogP contribution in [-0.2, 0) is 6.54 Å². The number of aromatic amines is 1. The molecular formula is C21H26F4N4O3.